The minimum atomic E-state index is 0.190. The molecule has 2 rings (SSSR count). The molecule has 1 aliphatic rings. The molecule has 0 amide bonds. The van der Waals surface area contributed by atoms with Crippen LogP contribution < -0.4 is 11.1 Å². The predicted molar refractivity (Wildman–Crippen MR) is 66.8 cm³/mol. The molecule has 3 heteroatoms. The van der Waals surface area contributed by atoms with Gasteiger partial charge in [-0.1, -0.05) is 32.9 Å². The fourth-order valence-corrected chi connectivity index (χ4v) is 1.48. The standard InChI is InChI=1S/C10H13N3.C2H6/c1-2-7-10(11)13-9-6-4-3-5-8(9)12-7;1-2/h3-7,12H,2H2,1H3,(H2,11,13);1-2H3. The van der Waals surface area contributed by atoms with E-state index in [1.165, 1.54) is 0 Å². The molecule has 0 fully saturated rings. The van der Waals surface area contributed by atoms with Crippen molar-refractivity contribution in [2.45, 2.75) is 33.2 Å². The zero-order valence-electron chi connectivity index (χ0n) is 9.62. The molecular formula is C12H19N3. The highest BCUT2D eigenvalue weighted by Crippen LogP contribution is 2.28. The van der Waals surface area contributed by atoms with Crippen molar-refractivity contribution in [1.82, 2.24) is 0 Å². The summed E-state index contributed by atoms with van der Waals surface area (Å²) in [5.41, 5.74) is 7.80. The van der Waals surface area contributed by atoms with E-state index in [2.05, 4.69) is 17.2 Å². The van der Waals surface area contributed by atoms with Gasteiger partial charge in [0, 0.05) is 0 Å². The molecule has 3 N–H and O–H groups in total. The first-order valence-electron chi connectivity index (χ1n) is 5.51. The van der Waals surface area contributed by atoms with Crippen molar-refractivity contribution < 1.29 is 0 Å². The van der Waals surface area contributed by atoms with Crippen molar-refractivity contribution in [2.75, 3.05) is 5.32 Å². The van der Waals surface area contributed by atoms with E-state index in [0.717, 1.165) is 17.8 Å². The van der Waals surface area contributed by atoms with Crippen LogP contribution in [0.3, 0.4) is 0 Å². The second-order valence-corrected chi connectivity index (χ2v) is 3.16. The van der Waals surface area contributed by atoms with Crippen LogP contribution in [0.4, 0.5) is 11.4 Å². The lowest BCUT2D eigenvalue weighted by molar-refractivity contribution is 0.853. The molecule has 1 aliphatic heterocycles. The quantitative estimate of drug-likeness (QED) is 0.740. The summed E-state index contributed by atoms with van der Waals surface area (Å²) >= 11 is 0. The summed E-state index contributed by atoms with van der Waals surface area (Å²) in [5.74, 6) is 0.682. The van der Waals surface area contributed by atoms with Crippen LogP contribution in [-0.4, -0.2) is 11.9 Å². The Balaban J connectivity index is 0.000000531. The van der Waals surface area contributed by atoms with Crippen molar-refractivity contribution in [1.29, 1.82) is 0 Å². The van der Waals surface area contributed by atoms with E-state index in [4.69, 9.17) is 5.73 Å². The third-order valence-corrected chi connectivity index (χ3v) is 2.25. The minimum Gasteiger partial charge on any atom is -0.385 e. The third-order valence-electron chi connectivity index (χ3n) is 2.25. The van der Waals surface area contributed by atoms with Gasteiger partial charge in [0.2, 0.25) is 0 Å². The molecule has 0 radical (unpaired) electrons. The van der Waals surface area contributed by atoms with Crippen LogP contribution in [0.5, 0.6) is 0 Å². The Morgan fingerprint density at radius 1 is 1.33 bits per heavy atom. The maximum absolute atomic E-state index is 5.79. The van der Waals surface area contributed by atoms with Gasteiger partial charge in [-0.2, -0.15) is 0 Å². The van der Waals surface area contributed by atoms with Crippen molar-refractivity contribution in [3.63, 3.8) is 0 Å². The summed E-state index contributed by atoms with van der Waals surface area (Å²) < 4.78 is 0. The van der Waals surface area contributed by atoms with E-state index in [9.17, 15) is 0 Å². The Morgan fingerprint density at radius 3 is 2.67 bits per heavy atom. The Hall–Kier alpha value is -1.51. The van der Waals surface area contributed by atoms with Crippen LogP contribution in [-0.2, 0) is 0 Å². The molecule has 0 bridgehead atoms. The number of hydrogen-bond donors (Lipinski definition) is 2. The molecule has 1 aromatic rings. The fourth-order valence-electron chi connectivity index (χ4n) is 1.48. The normalized spacial score (nSPS) is 17.8. The zero-order valence-corrected chi connectivity index (χ0v) is 9.62. The van der Waals surface area contributed by atoms with Gasteiger partial charge in [-0.15, -0.1) is 0 Å². The van der Waals surface area contributed by atoms with Crippen molar-refractivity contribution >= 4 is 17.2 Å². The molecule has 15 heavy (non-hydrogen) atoms. The average molecular weight is 205 g/mol. The lowest BCUT2D eigenvalue weighted by Gasteiger charge is -2.23. The van der Waals surface area contributed by atoms with E-state index in [1.807, 2.05) is 38.1 Å². The average Bonchev–Trinajstić information content (AvgIpc) is 2.31. The number of nitrogens with two attached hydrogens (primary N) is 1. The van der Waals surface area contributed by atoms with Gasteiger partial charge >= 0.3 is 0 Å². The highest BCUT2D eigenvalue weighted by atomic mass is 15.1. The van der Waals surface area contributed by atoms with Gasteiger partial charge < -0.3 is 11.1 Å². The second-order valence-electron chi connectivity index (χ2n) is 3.16. The molecule has 0 saturated heterocycles. The number of rotatable bonds is 1. The number of fused-ring (bicyclic) bond motifs is 1. The molecule has 0 aliphatic carbocycles. The molecule has 1 unspecified atom stereocenters. The maximum atomic E-state index is 5.79. The van der Waals surface area contributed by atoms with Crippen LogP contribution in [0.15, 0.2) is 29.3 Å². The number of benzene rings is 1. The number of amidine groups is 1. The van der Waals surface area contributed by atoms with Gasteiger partial charge in [0.25, 0.3) is 0 Å². The zero-order chi connectivity index (χ0) is 11.3. The molecule has 0 spiro atoms. The van der Waals surface area contributed by atoms with Crippen LogP contribution in [0.1, 0.15) is 27.2 Å². The van der Waals surface area contributed by atoms with Gasteiger partial charge in [-0.25, -0.2) is 4.99 Å². The molecule has 0 aromatic heterocycles. The SMILES string of the molecule is CC.CCC1Nc2ccccc2N=C1N. The van der Waals surface area contributed by atoms with Gasteiger partial charge in [0.1, 0.15) is 5.84 Å². The van der Waals surface area contributed by atoms with Crippen LogP contribution >= 0.6 is 0 Å². The first kappa shape index (κ1) is 11.6. The highest BCUT2D eigenvalue weighted by Gasteiger charge is 2.17. The smallest absolute Gasteiger partial charge is 0.122 e. The number of aliphatic imine (C=N–C) groups is 1. The third kappa shape index (κ3) is 2.49. The van der Waals surface area contributed by atoms with Crippen molar-refractivity contribution in [2.24, 2.45) is 10.7 Å². The first-order chi connectivity index (χ1) is 7.31. The van der Waals surface area contributed by atoms with E-state index in [0.29, 0.717) is 5.84 Å². The van der Waals surface area contributed by atoms with E-state index in [1.54, 1.807) is 0 Å². The summed E-state index contributed by atoms with van der Waals surface area (Å²) in [6.07, 6.45) is 0.962. The number of para-hydroxylation sites is 2. The Bertz CT molecular complexity index is 344. The van der Waals surface area contributed by atoms with Gasteiger partial charge in [-0.3, -0.25) is 0 Å². The largest absolute Gasteiger partial charge is 0.385 e. The summed E-state index contributed by atoms with van der Waals surface area (Å²) in [4.78, 5) is 4.33. The lowest BCUT2D eigenvalue weighted by Crippen LogP contribution is -2.36. The molecule has 3 nitrogen and oxygen atoms in total. The van der Waals surface area contributed by atoms with Gasteiger partial charge in [-0.05, 0) is 18.6 Å². The number of anilines is 1. The number of nitrogens with zero attached hydrogens (tertiary/aromatic N) is 1. The lowest BCUT2D eigenvalue weighted by atomic mass is 10.1. The summed E-state index contributed by atoms with van der Waals surface area (Å²) in [6.45, 7) is 6.09. The molecule has 0 saturated carbocycles. The molecule has 1 aromatic carbocycles. The Labute approximate surface area is 91.4 Å². The highest BCUT2D eigenvalue weighted by molar-refractivity contribution is 5.95. The van der Waals surface area contributed by atoms with Crippen molar-refractivity contribution in [3.8, 4) is 0 Å². The predicted octanol–water partition coefficient (Wildman–Crippen LogP) is 2.91. The molecule has 1 atom stereocenters. The Kier molecular flexibility index (Phi) is 4.16. The number of nitrogens with one attached hydrogen (secondary N) is 1. The Morgan fingerprint density at radius 2 is 2.00 bits per heavy atom. The summed E-state index contributed by atoms with van der Waals surface area (Å²) in [6, 6.07) is 8.13. The van der Waals surface area contributed by atoms with Crippen molar-refractivity contribution in [3.05, 3.63) is 24.3 Å². The van der Waals surface area contributed by atoms with Crippen LogP contribution in [0.25, 0.3) is 0 Å². The molecule has 82 valence electrons. The van der Waals surface area contributed by atoms with Crippen LogP contribution in [0, 0.1) is 0 Å². The minimum absolute atomic E-state index is 0.190. The van der Waals surface area contributed by atoms with E-state index >= 15 is 0 Å². The topological polar surface area (TPSA) is 50.4 Å². The van der Waals surface area contributed by atoms with Gasteiger partial charge in [0.15, 0.2) is 0 Å². The van der Waals surface area contributed by atoms with Gasteiger partial charge in [0.05, 0.1) is 17.4 Å². The van der Waals surface area contributed by atoms with E-state index in [-0.39, 0.29) is 6.04 Å². The van der Waals surface area contributed by atoms with E-state index < -0.39 is 0 Å². The molecular weight excluding hydrogens is 186 g/mol. The van der Waals surface area contributed by atoms with Crippen LogP contribution in [0.2, 0.25) is 0 Å². The number of hydrogen-bond acceptors (Lipinski definition) is 3. The summed E-state index contributed by atoms with van der Waals surface area (Å²) in [7, 11) is 0. The first-order valence-corrected chi connectivity index (χ1v) is 5.51. The summed E-state index contributed by atoms with van der Waals surface area (Å²) in [5, 5.41) is 3.34. The maximum Gasteiger partial charge on any atom is 0.122 e. The monoisotopic (exact) mass is 205 g/mol. The fraction of sp³-hybridized carbons (Fsp3) is 0.417. The second kappa shape index (κ2) is 5.39. The molecule has 1 heterocycles.